The van der Waals surface area contributed by atoms with Gasteiger partial charge in [0, 0.05) is 45.9 Å². The Balaban J connectivity index is 0.00000625. The SMILES string of the molecule is CCNC(=NCC1CCCOC1C(C)(C)C)NCCCOCCOC.I. The first-order valence-electron chi connectivity index (χ1n) is 9.69. The third-order valence-electron chi connectivity index (χ3n) is 4.32. The fourth-order valence-corrected chi connectivity index (χ4v) is 3.16. The maximum atomic E-state index is 6.06. The smallest absolute Gasteiger partial charge is 0.191 e. The van der Waals surface area contributed by atoms with E-state index in [1.54, 1.807) is 7.11 Å². The first-order chi connectivity index (χ1) is 12.0. The monoisotopic (exact) mass is 485 g/mol. The van der Waals surface area contributed by atoms with Crippen LogP contribution in [-0.2, 0) is 14.2 Å². The molecule has 0 radical (unpaired) electrons. The lowest BCUT2D eigenvalue weighted by Crippen LogP contribution is -2.43. The minimum Gasteiger partial charge on any atom is -0.382 e. The Labute approximate surface area is 177 Å². The van der Waals surface area contributed by atoms with Crippen LogP contribution in [0.25, 0.3) is 0 Å². The number of aliphatic imine (C=N–C) groups is 1. The van der Waals surface area contributed by atoms with Gasteiger partial charge in [0.15, 0.2) is 5.96 Å². The van der Waals surface area contributed by atoms with E-state index in [9.17, 15) is 0 Å². The molecule has 0 aromatic heterocycles. The molecule has 2 unspecified atom stereocenters. The standard InChI is InChI=1S/C19H39N3O3.HI/c1-6-20-18(21-10-8-11-24-14-13-23-5)22-15-16-9-7-12-25-17(16)19(2,3)4;/h16-17H,6-15H2,1-5H3,(H2,20,21,22);1H. The molecule has 1 aliphatic rings. The van der Waals surface area contributed by atoms with Crippen LogP contribution < -0.4 is 10.6 Å². The summed E-state index contributed by atoms with van der Waals surface area (Å²) in [6.45, 7) is 14.3. The lowest BCUT2D eigenvalue weighted by Gasteiger charge is -2.39. The van der Waals surface area contributed by atoms with Gasteiger partial charge in [0.1, 0.15) is 0 Å². The van der Waals surface area contributed by atoms with E-state index in [1.807, 2.05) is 0 Å². The average molecular weight is 485 g/mol. The summed E-state index contributed by atoms with van der Waals surface area (Å²) in [5.74, 6) is 1.37. The van der Waals surface area contributed by atoms with Crippen molar-refractivity contribution in [1.29, 1.82) is 0 Å². The molecule has 0 spiro atoms. The average Bonchev–Trinajstić information content (AvgIpc) is 2.58. The summed E-state index contributed by atoms with van der Waals surface area (Å²) in [7, 11) is 1.69. The van der Waals surface area contributed by atoms with Crippen molar-refractivity contribution < 1.29 is 14.2 Å². The van der Waals surface area contributed by atoms with Gasteiger partial charge in [0.05, 0.1) is 19.3 Å². The Hall–Kier alpha value is -0.120. The zero-order valence-electron chi connectivity index (χ0n) is 17.3. The van der Waals surface area contributed by atoms with Crippen LogP contribution in [-0.4, -0.2) is 65.2 Å². The molecule has 26 heavy (non-hydrogen) atoms. The number of methoxy groups -OCH3 is 1. The predicted molar refractivity (Wildman–Crippen MR) is 119 cm³/mol. The number of nitrogens with one attached hydrogen (secondary N) is 2. The number of guanidine groups is 1. The molecule has 1 heterocycles. The summed E-state index contributed by atoms with van der Waals surface area (Å²) < 4.78 is 16.5. The fourth-order valence-electron chi connectivity index (χ4n) is 3.16. The number of hydrogen-bond acceptors (Lipinski definition) is 4. The van der Waals surface area contributed by atoms with E-state index < -0.39 is 0 Å². The van der Waals surface area contributed by atoms with Crippen LogP contribution in [0.15, 0.2) is 4.99 Å². The molecule has 0 amide bonds. The maximum absolute atomic E-state index is 6.06. The number of nitrogens with zero attached hydrogens (tertiary/aromatic N) is 1. The van der Waals surface area contributed by atoms with Gasteiger partial charge in [0.2, 0.25) is 0 Å². The largest absolute Gasteiger partial charge is 0.382 e. The van der Waals surface area contributed by atoms with Crippen molar-refractivity contribution in [2.24, 2.45) is 16.3 Å². The van der Waals surface area contributed by atoms with Crippen LogP contribution in [0.4, 0.5) is 0 Å². The first kappa shape index (κ1) is 25.9. The zero-order valence-corrected chi connectivity index (χ0v) is 19.6. The van der Waals surface area contributed by atoms with Gasteiger partial charge in [-0.25, -0.2) is 0 Å². The summed E-state index contributed by atoms with van der Waals surface area (Å²) in [4.78, 5) is 4.80. The Morgan fingerprint density at radius 1 is 1.19 bits per heavy atom. The van der Waals surface area contributed by atoms with Crippen LogP contribution in [0.1, 0.15) is 47.0 Å². The Morgan fingerprint density at radius 2 is 1.96 bits per heavy atom. The minimum absolute atomic E-state index is 0. The summed E-state index contributed by atoms with van der Waals surface area (Å²) in [6, 6.07) is 0. The second kappa shape index (κ2) is 14.9. The molecule has 0 saturated carbocycles. The lowest BCUT2D eigenvalue weighted by molar-refractivity contribution is -0.0823. The van der Waals surface area contributed by atoms with Crippen LogP contribution in [0.2, 0.25) is 0 Å². The highest BCUT2D eigenvalue weighted by Crippen LogP contribution is 2.34. The van der Waals surface area contributed by atoms with Gasteiger partial charge < -0.3 is 24.8 Å². The van der Waals surface area contributed by atoms with Crippen LogP contribution in [0, 0.1) is 11.3 Å². The molecule has 7 heteroatoms. The van der Waals surface area contributed by atoms with Crippen molar-refractivity contribution in [3.63, 3.8) is 0 Å². The Morgan fingerprint density at radius 3 is 2.62 bits per heavy atom. The second-order valence-corrected chi connectivity index (χ2v) is 7.66. The molecule has 6 nitrogen and oxygen atoms in total. The second-order valence-electron chi connectivity index (χ2n) is 7.66. The molecule has 0 aliphatic carbocycles. The normalized spacial score (nSPS) is 21.2. The maximum Gasteiger partial charge on any atom is 0.191 e. The molecule has 1 saturated heterocycles. The molecule has 1 rings (SSSR count). The lowest BCUT2D eigenvalue weighted by atomic mass is 9.78. The summed E-state index contributed by atoms with van der Waals surface area (Å²) in [5.41, 5.74) is 0.159. The predicted octanol–water partition coefficient (Wildman–Crippen LogP) is 3.05. The highest BCUT2D eigenvalue weighted by Gasteiger charge is 2.35. The molecule has 0 aromatic carbocycles. The molecule has 1 aliphatic heterocycles. The van der Waals surface area contributed by atoms with Gasteiger partial charge in [-0.05, 0) is 31.6 Å². The third kappa shape index (κ3) is 10.9. The molecule has 0 bridgehead atoms. The number of rotatable bonds is 10. The van der Waals surface area contributed by atoms with Gasteiger partial charge in [-0.3, -0.25) is 4.99 Å². The van der Waals surface area contributed by atoms with E-state index in [2.05, 4.69) is 38.3 Å². The Kier molecular flexibility index (Phi) is 14.8. The van der Waals surface area contributed by atoms with Gasteiger partial charge >= 0.3 is 0 Å². The number of ether oxygens (including phenoxy) is 3. The van der Waals surface area contributed by atoms with E-state index in [1.165, 1.54) is 6.42 Å². The minimum atomic E-state index is 0. The van der Waals surface area contributed by atoms with E-state index in [0.29, 0.717) is 19.1 Å². The van der Waals surface area contributed by atoms with Crippen molar-refractivity contribution in [3.05, 3.63) is 0 Å². The van der Waals surface area contributed by atoms with Gasteiger partial charge in [-0.2, -0.15) is 0 Å². The number of halogens is 1. The fraction of sp³-hybridized carbons (Fsp3) is 0.947. The van der Waals surface area contributed by atoms with E-state index in [4.69, 9.17) is 19.2 Å². The van der Waals surface area contributed by atoms with Crippen LogP contribution in [0.5, 0.6) is 0 Å². The van der Waals surface area contributed by atoms with Crippen LogP contribution in [0.3, 0.4) is 0 Å². The first-order valence-corrected chi connectivity index (χ1v) is 9.69. The molecule has 156 valence electrons. The Bertz CT molecular complexity index is 376. The van der Waals surface area contributed by atoms with Crippen molar-refractivity contribution in [2.45, 2.75) is 53.1 Å². The van der Waals surface area contributed by atoms with Gasteiger partial charge in [-0.15, -0.1) is 24.0 Å². The van der Waals surface area contributed by atoms with Crippen molar-refractivity contribution >= 4 is 29.9 Å². The highest BCUT2D eigenvalue weighted by atomic mass is 127. The molecule has 0 aromatic rings. The third-order valence-corrected chi connectivity index (χ3v) is 4.32. The van der Waals surface area contributed by atoms with Crippen molar-refractivity contribution in [3.8, 4) is 0 Å². The van der Waals surface area contributed by atoms with Crippen molar-refractivity contribution in [1.82, 2.24) is 10.6 Å². The van der Waals surface area contributed by atoms with E-state index in [-0.39, 0.29) is 35.5 Å². The van der Waals surface area contributed by atoms with Crippen LogP contribution >= 0.6 is 24.0 Å². The topological polar surface area (TPSA) is 64.1 Å². The molecular weight excluding hydrogens is 445 g/mol. The van der Waals surface area contributed by atoms with E-state index in [0.717, 1.165) is 51.6 Å². The molecule has 1 fully saturated rings. The zero-order chi connectivity index (χ0) is 18.5. The quantitative estimate of drug-likeness (QED) is 0.216. The molecule has 2 N–H and O–H groups in total. The van der Waals surface area contributed by atoms with E-state index >= 15 is 0 Å². The number of hydrogen-bond donors (Lipinski definition) is 2. The van der Waals surface area contributed by atoms with Gasteiger partial charge in [-0.1, -0.05) is 20.8 Å². The van der Waals surface area contributed by atoms with Gasteiger partial charge in [0.25, 0.3) is 0 Å². The molecule has 2 atom stereocenters. The highest BCUT2D eigenvalue weighted by molar-refractivity contribution is 14.0. The summed E-state index contributed by atoms with van der Waals surface area (Å²) in [6.07, 6.45) is 3.56. The summed E-state index contributed by atoms with van der Waals surface area (Å²) in [5, 5.41) is 6.72. The summed E-state index contributed by atoms with van der Waals surface area (Å²) >= 11 is 0. The van der Waals surface area contributed by atoms with Crippen molar-refractivity contribution in [2.75, 3.05) is 53.2 Å². The molecular formula is C19H40IN3O3.